The summed E-state index contributed by atoms with van der Waals surface area (Å²) in [6.07, 6.45) is 2.08. The molecule has 2 heterocycles. The molecule has 1 N–H and O–H groups in total. The van der Waals surface area contributed by atoms with Gasteiger partial charge in [-0.3, -0.25) is 4.79 Å². The summed E-state index contributed by atoms with van der Waals surface area (Å²) < 4.78 is 18.8. The van der Waals surface area contributed by atoms with Crippen molar-refractivity contribution in [2.24, 2.45) is 0 Å². The van der Waals surface area contributed by atoms with E-state index in [-0.39, 0.29) is 31.7 Å². The molecule has 3 rings (SSSR count). The van der Waals surface area contributed by atoms with E-state index in [1.165, 1.54) is 24.3 Å². The molecule has 0 spiro atoms. The molecule has 0 bridgehead atoms. The van der Waals surface area contributed by atoms with Crippen LogP contribution < -0.4 is 22.5 Å². The van der Waals surface area contributed by atoms with Gasteiger partial charge in [0.05, 0.1) is 0 Å². The molecule has 0 saturated carbocycles. The summed E-state index contributed by atoms with van der Waals surface area (Å²) in [5.74, 6) is 0.202. The van der Waals surface area contributed by atoms with Crippen molar-refractivity contribution in [3.63, 3.8) is 0 Å². The number of anilines is 1. The van der Waals surface area contributed by atoms with E-state index in [1.54, 1.807) is 18.2 Å². The average Bonchev–Trinajstić information content (AvgIpc) is 2.58. The minimum Gasteiger partial charge on any atom is -1.00 e. The van der Waals surface area contributed by atoms with Crippen LogP contribution in [0.15, 0.2) is 42.5 Å². The van der Waals surface area contributed by atoms with Gasteiger partial charge in [0.15, 0.2) is 0 Å². The SMILES string of the molecule is CN1CCC(Oc2cccc(NC(=O)c3ccc(F)cc3)n2)CC1.[Cl-].[H+]. The number of nitrogens with zero attached hydrogens (tertiary/aromatic N) is 2. The number of hydrogen-bond donors (Lipinski definition) is 1. The maximum absolute atomic E-state index is 12.9. The highest BCUT2D eigenvalue weighted by molar-refractivity contribution is 6.03. The van der Waals surface area contributed by atoms with Crippen molar-refractivity contribution in [2.45, 2.75) is 18.9 Å². The molecule has 5 nitrogen and oxygen atoms in total. The molecule has 0 unspecified atom stereocenters. The zero-order valence-electron chi connectivity index (χ0n) is 14.9. The standard InChI is InChI=1S/C18H20FN3O2.ClH/c1-22-11-9-15(10-12-22)24-17-4-2-3-16(20-17)21-18(23)13-5-7-14(19)8-6-13;/h2-8,15H,9-12H2,1H3,(H,20,21,23);1H. The van der Waals surface area contributed by atoms with Crippen molar-refractivity contribution in [3.05, 3.63) is 53.8 Å². The number of aromatic nitrogens is 1. The van der Waals surface area contributed by atoms with E-state index in [2.05, 4.69) is 22.2 Å². The van der Waals surface area contributed by atoms with Gasteiger partial charge in [-0.05, 0) is 50.2 Å². The molecule has 1 aromatic heterocycles. The van der Waals surface area contributed by atoms with E-state index in [0.717, 1.165) is 25.9 Å². The van der Waals surface area contributed by atoms with Crippen molar-refractivity contribution < 1.29 is 27.8 Å². The Hall–Kier alpha value is -2.18. The molecule has 2 aromatic rings. The second kappa shape index (κ2) is 8.78. The molecule has 0 radical (unpaired) electrons. The Morgan fingerprint density at radius 1 is 1.24 bits per heavy atom. The summed E-state index contributed by atoms with van der Waals surface area (Å²) in [6, 6.07) is 10.6. The fourth-order valence-corrected chi connectivity index (χ4v) is 2.61. The fraction of sp³-hybridized carbons (Fsp3) is 0.333. The number of ether oxygens (including phenoxy) is 1. The van der Waals surface area contributed by atoms with Gasteiger partial charge in [0.25, 0.3) is 5.91 Å². The highest BCUT2D eigenvalue weighted by Crippen LogP contribution is 2.18. The van der Waals surface area contributed by atoms with Gasteiger partial charge in [-0.1, -0.05) is 6.07 Å². The van der Waals surface area contributed by atoms with Gasteiger partial charge in [0, 0.05) is 24.7 Å². The molecule has 134 valence electrons. The minimum atomic E-state index is -0.377. The van der Waals surface area contributed by atoms with Gasteiger partial charge in [0.1, 0.15) is 17.7 Å². The van der Waals surface area contributed by atoms with E-state index < -0.39 is 0 Å². The number of pyridine rings is 1. The Labute approximate surface area is 154 Å². The van der Waals surface area contributed by atoms with Crippen LogP contribution in [0.2, 0.25) is 0 Å². The first-order valence-corrected chi connectivity index (χ1v) is 7.99. The number of carbonyl (C=O) groups is 1. The van der Waals surface area contributed by atoms with Crippen LogP contribution in [-0.4, -0.2) is 42.0 Å². The van der Waals surface area contributed by atoms with Crippen LogP contribution in [0, 0.1) is 5.82 Å². The van der Waals surface area contributed by atoms with Crippen molar-refractivity contribution in [1.29, 1.82) is 0 Å². The predicted octanol–water partition coefficient (Wildman–Crippen LogP) is 0.0625. The molecule has 1 saturated heterocycles. The Kier molecular flexibility index (Phi) is 6.73. The van der Waals surface area contributed by atoms with Crippen molar-refractivity contribution in [1.82, 2.24) is 9.88 Å². The Balaban J connectivity index is 0.00000169. The summed E-state index contributed by atoms with van der Waals surface area (Å²) >= 11 is 0. The molecule has 0 atom stereocenters. The van der Waals surface area contributed by atoms with Gasteiger partial charge in [-0.15, -0.1) is 0 Å². The van der Waals surface area contributed by atoms with E-state index >= 15 is 0 Å². The number of nitrogens with one attached hydrogen (secondary N) is 1. The lowest BCUT2D eigenvalue weighted by Gasteiger charge is -2.28. The molecule has 1 aliphatic heterocycles. The molecule has 1 aliphatic rings. The normalized spacial score (nSPS) is 15.3. The lowest BCUT2D eigenvalue weighted by molar-refractivity contribution is -0.0000148. The van der Waals surface area contributed by atoms with Crippen LogP contribution >= 0.6 is 0 Å². The summed E-state index contributed by atoms with van der Waals surface area (Å²) in [5, 5.41) is 2.70. The maximum Gasteiger partial charge on any atom is 1.00 e. The van der Waals surface area contributed by atoms with Crippen molar-refractivity contribution in [2.75, 3.05) is 25.5 Å². The highest BCUT2D eigenvalue weighted by atomic mass is 35.5. The third-order valence-corrected chi connectivity index (χ3v) is 4.02. The van der Waals surface area contributed by atoms with Gasteiger partial charge in [-0.25, -0.2) is 4.39 Å². The molecule has 0 aliphatic carbocycles. The van der Waals surface area contributed by atoms with Gasteiger partial charge < -0.3 is 27.4 Å². The number of piperidine rings is 1. The lowest BCUT2D eigenvalue weighted by atomic mass is 10.1. The number of likely N-dealkylation sites (tertiary alicyclic amines) is 1. The maximum atomic E-state index is 12.9. The smallest absolute Gasteiger partial charge is 1.00 e. The van der Waals surface area contributed by atoms with E-state index in [0.29, 0.717) is 17.3 Å². The Morgan fingerprint density at radius 3 is 2.60 bits per heavy atom. The fourth-order valence-electron chi connectivity index (χ4n) is 2.61. The molecular weight excluding hydrogens is 345 g/mol. The van der Waals surface area contributed by atoms with Gasteiger partial charge in [-0.2, -0.15) is 4.98 Å². The first kappa shape index (κ1) is 19.1. The van der Waals surface area contributed by atoms with Crippen LogP contribution in [0.4, 0.5) is 10.2 Å². The Morgan fingerprint density at radius 2 is 1.92 bits per heavy atom. The van der Waals surface area contributed by atoms with E-state index in [4.69, 9.17) is 4.74 Å². The first-order chi connectivity index (χ1) is 11.6. The van der Waals surface area contributed by atoms with Gasteiger partial charge >= 0.3 is 1.43 Å². The summed E-state index contributed by atoms with van der Waals surface area (Å²) in [7, 11) is 2.10. The number of hydrogen-bond acceptors (Lipinski definition) is 4. The molecular formula is C18H21ClFN3O2. The zero-order chi connectivity index (χ0) is 16.9. The minimum absolute atomic E-state index is 0. The summed E-state index contributed by atoms with van der Waals surface area (Å²) in [4.78, 5) is 18.7. The molecule has 1 amide bonds. The number of rotatable bonds is 4. The highest BCUT2D eigenvalue weighted by Gasteiger charge is 2.18. The molecule has 1 aromatic carbocycles. The second-order valence-electron chi connectivity index (χ2n) is 5.94. The van der Waals surface area contributed by atoms with Crippen LogP contribution in [0.5, 0.6) is 5.88 Å². The average molecular weight is 366 g/mol. The van der Waals surface area contributed by atoms with E-state index in [9.17, 15) is 9.18 Å². The quantitative estimate of drug-likeness (QED) is 0.832. The Bertz CT molecular complexity index is 710. The van der Waals surface area contributed by atoms with Crippen LogP contribution in [0.1, 0.15) is 24.6 Å². The summed E-state index contributed by atoms with van der Waals surface area (Å²) in [5.41, 5.74) is 0.375. The molecule has 25 heavy (non-hydrogen) atoms. The predicted molar refractivity (Wildman–Crippen MR) is 90.8 cm³/mol. The number of carbonyl (C=O) groups excluding carboxylic acids is 1. The molecule has 7 heteroatoms. The van der Waals surface area contributed by atoms with E-state index in [1.807, 2.05) is 0 Å². The largest absolute Gasteiger partial charge is 1.00 e. The monoisotopic (exact) mass is 365 g/mol. The number of halogens is 2. The zero-order valence-corrected chi connectivity index (χ0v) is 14.7. The van der Waals surface area contributed by atoms with Crippen LogP contribution in [-0.2, 0) is 0 Å². The second-order valence-corrected chi connectivity index (χ2v) is 5.94. The number of benzene rings is 1. The number of amides is 1. The first-order valence-electron chi connectivity index (χ1n) is 7.99. The van der Waals surface area contributed by atoms with Crippen LogP contribution in [0.25, 0.3) is 0 Å². The van der Waals surface area contributed by atoms with Crippen LogP contribution in [0.3, 0.4) is 0 Å². The van der Waals surface area contributed by atoms with Crippen molar-refractivity contribution in [3.8, 4) is 5.88 Å². The summed E-state index contributed by atoms with van der Waals surface area (Å²) in [6.45, 7) is 2.01. The third-order valence-electron chi connectivity index (χ3n) is 4.02. The lowest BCUT2D eigenvalue weighted by Crippen LogP contribution is -3.00. The topological polar surface area (TPSA) is 54.5 Å². The third kappa shape index (κ3) is 5.41. The molecule has 1 fully saturated rings. The van der Waals surface area contributed by atoms with Crippen molar-refractivity contribution >= 4 is 11.7 Å². The van der Waals surface area contributed by atoms with Gasteiger partial charge in [0.2, 0.25) is 5.88 Å².